The highest BCUT2D eigenvalue weighted by atomic mass is 16.7. The van der Waals surface area contributed by atoms with Crippen LogP contribution >= 0.6 is 0 Å². The number of amides is 2. The molecule has 1 aromatic carbocycles. The number of hydrogen-bond donors (Lipinski definition) is 1. The highest BCUT2D eigenvalue weighted by molar-refractivity contribution is 6.02. The van der Waals surface area contributed by atoms with Crippen LogP contribution in [0.1, 0.15) is 74.4 Å². The van der Waals surface area contributed by atoms with E-state index < -0.39 is 5.79 Å². The monoisotopic (exact) mass is 549 g/mol. The number of fused-ring (bicyclic) bond motifs is 2. The van der Waals surface area contributed by atoms with Gasteiger partial charge in [-0.25, -0.2) is 0 Å². The van der Waals surface area contributed by atoms with E-state index in [2.05, 4.69) is 38.2 Å². The molecular formula is C32H43N3O5. The number of piperidine rings is 1. The molecule has 0 bridgehead atoms. The molecule has 1 aromatic heterocycles. The standard InChI is InChI=1S/C32H43N3O5/c1-18-16-19(2)33-30(36)24(18)17-35-14-13-23-26(31(35)37)20(3)28-29(27(23)25-8-7-15-38-25)40-32(4,39-28)21-9-11-22(12-10-21)34(5)6/h7-8,15,18-19,21-22,24H,9-14,16-17H2,1-6H3,(H,33,36)/t18?,19?,21?,22?,24?,32-/m1/s1. The molecular weight excluding hydrogens is 506 g/mol. The van der Waals surface area contributed by atoms with Crippen LogP contribution in [0.25, 0.3) is 11.3 Å². The van der Waals surface area contributed by atoms with E-state index >= 15 is 0 Å². The van der Waals surface area contributed by atoms with Crippen LogP contribution in [0.15, 0.2) is 22.8 Å². The first kappa shape index (κ1) is 27.2. The summed E-state index contributed by atoms with van der Waals surface area (Å²) in [5.74, 6) is 1.49. The van der Waals surface area contributed by atoms with Crippen LogP contribution < -0.4 is 14.8 Å². The lowest BCUT2D eigenvalue weighted by Crippen LogP contribution is -2.52. The number of carbonyl (C=O) groups is 2. The number of furan rings is 1. The molecule has 0 radical (unpaired) electrons. The van der Waals surface area contributed by atoms with E-state index in [1.807, 2.05) is 30.9 Å². The summed E-state index contributed by atoms with van der Waals surface area (Å²) >= 11 is 0. The number of ether oxygens (including phenoxy) is 2. The van der Waals surface area contributed by atoms with E-state index in [0.717, 1.165) is 48.8 Å². The Bertz CT molecular complexity index is 1300. The molecule has 0 spiro atoms. The van der Waals surface area contributed by atoms with Gasteiger partial charge in [0.15, 0.2) is 11.5 Å². The molecule has 4 atom stereocenters. The number of rotatable bonds is 5. The quantitative estimate of drug-likeness (QED) is 0.564. The van der Waals surface area contributed by atoms with Crippen molar-refractivity contribution < 1.29 is 23.5 Å². The molecule has 8 heteroatoms. The minimum absolute atomic E-state index is 0.0447. The van der Waals surface area contributed by atoms with Gasteiger partial charge in [-0.05, 0) is 90.1 Å². The summed E-state index contributed by atoms with van der Waals surface area (Å²) in [5.41, 5.74) is 3.26. The van der Waals surface area contributed by atoms with E-state index in [0.29, 0.717) is 48.4 Å². The van der Waals surface area contributed by atoms with Crippen molar-refractivity contribution in [2.75, 3.05) is 27.2 Å². The molecule has 3 unspecified atom stereocenters. The Labute approximate surface area is 237 Å². The lowest BCUT2D eigenvalue weighted by atomic mass is 9.81. The van der Waals surface area contributed by atoms with E-state index in [1.54, 1.807) is 6.26 Å². The molecule has 216 valence electrons. The Balaban J connectivity index is 1.34. The minimum Gasteiger partial charge on any atom is -0.464 e. The van der Waals surface area contributed by atoms with Crippen LogP contribution in [-0.2, 0) is 11.2 Å². The highest BCUT2D eigenvalue weighted by Crippen LogP contribution is 2.55. The fraction of sp³-hybridized carbons (Fsp3) is 0.625. The first-order valence-corrected chi connectivity index (χ1v) is 14.9. The molecule has 4 heterocycles. The van der Waals surface area contributed by atoms with Crippen LogP contribution in [0.2, 0.25) is 0 Å². The van der Waals surface area contributed by atoms with Gasteiger partial charge in [-0.1, -0.05) is 6.92 Å². The maximum Gasteiger partial charge on any atom is 0.254 e. The minimum atomic E-state index is -0.801. The zero-order chi connectivity index (χ0) is 28.3. The van der Waals surface area contributed by atoms with Crippen molar-refractivity contribution in [3.63, 3.8) is 0 Å². The lowest BCUT2D eigenvalue weighted by Gasteiger charge is -2.39. The maximum atomic E-state index is 14.1. The van der Waals surface area contributed by atoms with Gasteiger partial charge in [0, 0.05) is 43.6 Å². The summed E-state index contributed by atoms with van der Waals surface area (Å²) in [6.07, 6.45) is 7.51. The van der Waals surface area contributed by atoms with Crippen molar-refractivity contribution >= 4 is 11.8 Å². The second kappa shape index (κ2) is 10.1. The molecule has 1 saturated carbocycles. The Hall–Kier alpha value is -3.00. The number of hydrogen-bond acceptors (Lipinski definition) is 6. The van der Waals surface area contributed by atoms with Crippen molar-refractivity contribution in [1.29, 1.82) is 0 Å². The number of benzene rings is 1. The lowest BCUT2D eigenvalue weighted by molar-refractivity contribution is -0.130. The van der Waals surface area contributed by atoms with E-state index in [1.165, 1.54) is 0 Å². The van der Waals surface area contributed by atoms with Gasteiger partial charge in [0.05, 0.1) is 23.3 Å². The first-order valence-electron chi connectivity index (χ1n) is 14.9. The smallest absolute Gasteiger partial charge is 0.254 e. The van der Waals surface area contributed by atoms with Gasteiger partial charge in [-0.15, -0.1) is 0 Å². The Morgan fingerprint density at radius 3 is 2.45 bits per heavy atom. The molecule has 2 aromatic rings. The molecule has 6 rings (SSSR count). The van der Waals surface area contributed by atoms with Gasteiger partial charge in [-0.2, -0.15) is 0 Å². The third-order valence-corrected chi connectivity index (χ3v) is 9.99. The summed E-state index contributed by atoms with van der Waals surface area (Å²) in [6.45, 7) is 9.16. The van der Waals surface area contributed by atoms with Gasteiger partial charge in [0.2, 0.25) is 5.91 Å². The Morgan fingerprint density at radius 1 is 1.07 bits per heavy atom. The summed E-state index contributed by atoms with van der Waals surface area (Å²) in [4.78, 5) is 31.2. The average molecular weight is 550 g/mol. The van der Waals surface area contributed by atoms with Gasteiger partial charge in [-0.3, -0.25) is 9.59 Å². The SMILES string of the molecule is Cc1c2c(c(-c3ccco3)c3c1C(=O)N(CC1C(=O)NC(C)CC1C)CC3)O[C@](C)(C1CCC(N(C)C)CC1)O2. The highest BCUT2D eigenvalue weighted by Gasteiger charge is 2.49. The zero-order valence-electron chi connectivity index (χ0n) is 24.7. The molecule has 1 aliphatic carbocycles. The van der Waals surface area contributed by atoms with Gasteiger partial charge >= 0.3 is 0 Å². The van der Waals surface area contributed by atoms with Gasteiger partial charge in [0.25, 0.3) is 11.7 Å². The summed E-state index contributed by atoms with van der Waals surface area (Å²) in [7, 11) is 4.30. The van der Waals surface area contributed by atoms with Crippen LogP contribution in [0, 0.1) is 24.7 Å². The first-order chi connectivity index (χ1) is 19.1. The molecule has 4 aliphatic rings. The Kier molecular flexibility index (Phi) is 6.88. The van der Waals surface area contributed by atoms with Crippen molar-refractivity contribution in [2.24, 2.45) is 17.8 Å². The van der Waals surface area contributed by atoms with Crippen LogP contribution in [-0.4, -0.2) is 66.7 Å². The number of nitrogens with zero attached hydrogens (tertiary/aromatic N) is 2. The normalized spacial score (nSPS) is 31.9. The van der Waals surface area contributed by atoms with Crippen molar-refractivity contribution in [3.05, 3.63) is 35.1 Å². The van der Waals surface area contributed by atoms with E-state index in [-0.39, 0.29) is 35.6 Å². The second-order valence-corrected chi connectivity index (χ2v) is 12.9. The van der Waals surface area contributed by atoms with Crippen LogP contribution in [0.5, 0.6) is 11.5 Å². The molecule has 2 amide bonds. The summed E-state index contributed by atoms with van der Waals surface area (Å²) < 4.78 is 19.4. The van der Waals surface area contributed by atoms with E-state index in [9.17, 15) is 9.59 Å². The van der Waals surface area contributed by atoms with Crippen molar-refractivity contribution in [3.8, 4) is 22.8 Å². The topological polar surface area (TPSA) is 84.2 Å². The number of nitrogens with one attached hydrogen (secondary N) is 1. The molecule has 2 fully saturated rings. The largest absolute Gasteiger partial charge is 0.464 e. The predicted molar refractivity (Wildman–Crippen MR) is 152 cm³/mol. The molecule has 1 N–H and O–H groups in total. The molecule has 8 nitrogen and oxygen atoms in total. The van der Waals surface area contributed by atoms with E-state index in [4.69, 9.17) is 13.9 Å². The third-order valence-electron chi connectivity index (χ3n) is 9.99. The predicted octanol–water partition coefficient (Wildman–Crippen LogP) is 5.02. The van der Waals surface area contributed by atoms with Gasteiger partial charge < -0.3 is 29.0 Å². The fourth-order valence-corrected chi connectivity index (χ4v) is 7.61. The van der Waals surface area contributed by atoms with Crippen molar-refractivity contribution in [1.82, 2.24) is 15.1 Å². The summed E-state index contributed by atoms with van der Waals surface area (Å²) in [5, 5.41) is 3.08. The van der Waals surface area contributed by atoms with Crippen molar-refractivity contribution in [2.45, 2.75) is 84.1 Å². The van der Waals surface area contributed by atoms with Gasteiger partial charge in [0.1, 0.15) is 5.76 Å². The number of carbonyl (C=O) groups excluding carboxylic acids is 2. The Morgan fingerprint density at radius 2 is 1.80 bits per heavy atom. The summed E-state index contributed by atoms with van der Waals surface area (Å²) in [6, 6.07) is 4.55. The average Bonchev–Trinajstić information content (AvgIpc) is 3.56. The second-order valence-electron chi connectivity index (χ2n) is 12.9. The van der Waals surface area contributed by atoms with Crippen LogP contribution in [0.3, 0.4) is 0 Å². The fourth-order valence-electron chi connectivity index (χ4n) is 7.61. The molecule has 40 heavy (non-hydrogen) atoms. The molecule has 1 saturated heterocycles. The maximum absolute atomic E-state index is 14.1. The third kappa shape index (κ3) is 4.48. The zero-order valence-corrected chi connectivity index (χ0v) is 24.7. The van der Waals surface area contributed by atoms with Crippen LogP contribution in [0.4, 0.5) is 0 Å². The molecule has 3 aliphatic heterocycles.